The summed E-state index contributed by atoms with van der Waals surface area (Å²) in [7, 11) is 0. The molecule has 1 aromatic carbocycles. The number of carboxylic acid groups (broad SMARTS) is 1. The Labute approximate surface area is 105 Å². The van der Waals surface area contributed by atoms with Crippen LogP contribution in [0.5, 0.6) is 0 Å². The number of anilines is 1. The van der Waals surface area contributed by atoms with Gasteiger partial charge in [-0.1, -0.05) is 0 Å². The third kappa shape index (κ3) is 3.30. The highest BCUT2D eigenvalue weighted by molar-refractivity contribution is 9.10. The second kappa shape index (κ2) is 5.64. The van der Waals surface area contributed by atoms with E-state index in [2.05, 4.69) is 26.5 Å². The van der Waals surface area contributed by atoms with Gasteiger partial charge in [-0.2, -0.15) is 15.6 Å². The minimum atomic E-state index is -1.09. The number of carboxylic acids is 1. The fourth-order valence-corrected chi connectivity index (χ4v) is 1.37. The Morgan fingerprint density at radius 1 is 1.41 bits per heavy atom. The zero-order valence-corrected chi connectivity index (χ0v) is 9.89. The van der Waals surface area contributed by atoms with E-state index < -0.39 is 5.97 Å². The standard InChI is InChI=1S/C10H5BrN4O2/c11-9-2-1-6(3-8(9)10(16)17)14-15-7(4-12)5-13/h1-3,14H,(H,16,17). The molecule has 1 rings (SSSR count). The molecule has 0 spiro atoms. The third-order valence-corrected chi connectivity index (χ3v) is 2.40. The van der Waals surface area contributed by atoms with Gasteiger partial charge in [-0.15, -0.1) is 0 Å². The van der Waals surface area contributed by atoms with Crippen molar-refractivity contribution >= 4 is 33.3 Å². The molecular formula is C10H5BrN4O2. The maximum atomic E-state index is 10.8. The molecule has 0 aliphatic rings. The van der Waals surface area contributed by atoms with Crippen LogP contribution in [-0.4, -0.2) is 16.8 Å². The van der Waals surface area contributed by atoms with Crippen LogP contribution < -0.4 is 5.43 Å². The Balaban J connectivity index is 3.00. The van der Waals surface area contributed by atoms with Crippen molar-refractivity contribution in [1.29, 1.82) is 10.5 Å². The molecule has 17 heavy (non-hydrogen) atoms. The molecule has 0 radical (unpaired) electrons. The summed E-state index contributed by atoms with van der Waals surface area (Å²) in [6, 6.07) is 7.57. The van der Waals surface area contributed by atoms with Crippen LogP contribution in [0.4, 0.5) is 5.69 Å². The van der Waals surface area contributed by atoms with Gasteiger partial charge in [0, 0.05) is 4.47 Å². The molecular weight excluding hydrogens is 288 g/mol. The predicted molar refractivity (Wildman–Crippen MR) is 63.4 cm³/mol. The minimum Gasteiger partial charge on any atom is -0.478 e. The first-order chi connectivity index (χ1) is 8.08. The molecule has 0 amide bonds. The number of nitrogens with zero attached hydrogens (tertiary/aromatic N) is 3. The minimum absolute atomic E-state index is 0.0562. The molecule has 0 atom stereocenters. The number of nitriles is 2. The van der Waals surface area contributed by atoms with Crippen molar-refractivity contribution in [3.63, 3.8) is 0 Å². The van der Waals surface area contributed by atoms with Gasteiger partial charge in [0.2, 0.25) is 5.71 Å². The van der Waals surface area contributed by atoms with Crippen molar-refractivity contribution in [1.82, 2.24) is 0 Å². The van der Waals surface area contributed by atoms with Crippen LogP contribution in [-0.2, 0) is 0 Å². The van der Waals surface area contributed by atoms with Crippen molar-refractivity contribution in [2.45, 2.75) is 0 Å². The normalized spacial score (nSPS) is 8.65. The molecule has 0 saturated carbocycles. The van der Waals surface area contributed by atoms with Crippen LogP contribution in [0, 0.1) is 22.7 Å². The van der Waals surface area contributed by atoms with Crippen molar-refractivity contribution in [3.05, 3.63) is 28.2 Å². The molecule has 6 nitrogen and oxygen atoms in total. The molecule has 2 N–H and O–H groups in total. The summed E-state index contributed by atoms with van der Waals surface area (Å²) >= 11 is 3.09. The van der Waals surface area contributed by atoms with Crippen molar-refractivity contribution in [2.24, 2.45) is 5.10 Å². The fraction of sp³-hybridized carbons (Fsp3) is 0. The van der Waals surface area contributed by atoms with Crippen LogP contribution in [0.1, 0.15) is 10.4 Å². The molecule has 1 aromatic rings. The van der Waals surface area contributed by atoms with Gasteiger partial charge in [0.15, 0.2) is 0 Å². The lowest BCUT2D eigenvalue weighted by atomic mass is 10.2. The maximum Gasteiger partial charge on any atom is 0.336 e. The summed E-state index contributed by atoms with van der Waals surface area (Å²) in [6.07, 6.45) is 0. The van der Waals surface area contributed by atoms with Crippen LogP contribution >= 0.6 is 15.9 Å². The van der Waals surface area contributed by atoms with E-state index in [4.69, 9.17) is 15.6 Å². The van der Waals surface area contributed by atoms with Crippen molar-refractivity contribution in [2.75, 3.05) is 5.43 Å². The Kier molecular flexibility index (Phi) is 4.21. The molecule has 0 aromatic heterocycles. The van der Waals surface area contributed by atoms with Gasteiger partial charge in [-0.3, -0.25) is 5.43 Å². The van der Waals surface area contributed by atoms with E-state index in [0.29, 0.717) is 10.2 Å². The third-order valence-electron chi connectivity index (χ3n) is 1.71. The lowest BCUT2D eigenvalue weighted by molar-refractivity contribution is 0.0696. The number of hydrogen-bond acceptors (Lipinski definition) is 5. The topological polar surface area (TPSA) is 109 Å². The lowest BCUT2D eigenvalue weighted by Crippen LogP contribution is -2.01. The quantitative estimate of drug-likeness (QED) is 0.654. The number of hydrogen-bond donors (Lipinski definition) is 2. The van der Waals surface area contributed by atoms with Crippen LogP contribution in [0.15, 0.2) is 27.8 Å². The highest BCUT2D eigenvalue weighted by Gasteiger charge is 2.08. The van der Waals surface area contributed by atoms with Crippen molar-refractivity contribution < 1.29 is 9.90 Å². The van der Waals surface area contributed by atoms with Gasteiger partial charge < -0.3 is 5.11 Å². The summed E-state index contributed by atoms with van der Waals surface area (Å²) in [6.45, 7) is 0. The molecule has 84 valence electrons. The molecule has 0 aliphatic heterocycles. The van der Waals surface area contributed by atoms with Gasteiger partial charge in [0.25, 0.3) is 0 Å². The largest absolute Gasteiger partial charge is 0.478 e. The SMILES string of the molecule is N#CC(C#N)=NNc1ccc(Br)c(C(=O)O)c1. The Morgan fingerprint density at radius 3 is 2.59 bits per heavy atom. The number of benzene rings is 1. The van der Waals surface area contributed by atoms with E-state index in [-0.39, 0.29) is 11.3 Å². The average molecular weight is 293 g/mol. The van der Waals surface area contributed by atoms with Gasteiger partial charge >= 0.3 is 5.97 Å². The van der Waals surface area contributed by atoms with E-state index >= 15 is 0 Å². The summed E-state index contributed by atoms with van der Waals surface area (Å²) in [5, 5.41) is 29.3. The molecule has 0 heterocycles. The second-order valence-electron chi connectivity index (χ2n) is 2.80. The zero-order valence-electron chi connectivity index (χ0n) is 8.31. The number of aromatic carboxylic acids is 1. The molecule has 0 fully saturated rings. The Hall–Kier alpha value is -2.38. The number of carbonyl (C=O) groups is 1. The zero-order chi connectivity index (χ0) is 12.8. The summed E-state index contributed by atoms with van der Waals surface area (Å²) < 4.78 is 0.431. The van der Waals surface area contributed by atoms with Crippen LogP contribution in [0.2, 0.25) is 0 Å². The highest BCUT2D eigenvalue weighted by Crippen LogP contribution is 2.21. The molecule has 0 saturated heterocycles. The summed E-state index contributed by atoms with van der Waals surface area (Å²) in [4.78, 5) is 10.8. The van der Waals surface area contributed by atoms with E-state index in [9.17, 15) is 4.79 Å². The first-order valence-electron chi connectivity index (χ1n) is 4.25. The monoisotopic (exact) mass is 292 g/mol. The second-order valence-corrected chi connectivity index (χ2v) is 3.65. The van der Waals surface area contributed by atoms with E-state index in [1.54, 1.807) is 18.2 Å². The number of halogens is 1. The molecule has 7 heteroatoms. The van der Waals surface area contributed by atoms with Crippen LogP contribution in [0.25, 0.3) is 0 Å². The molecule has 0 unspecified atom stereocenters. The van der Waals surface area contributed by atoms with Gasteiger partial charge in [0.1, 0.15) is 12.1 Å². The first-order valence-corrected chi connectivity index (χ1v) is 5.04. The highest BCUT2D eigenvalue weighted by atomic mass is 79.9. The lowest BCUT2D eigenvalue weighted by Gasteiger charge is -2.03. The first kappa shape index (κ1) is 12.7. The van der Waals surface area contributed by atoms with Crippen LogP contribution in [0.3, 0.4) is 0 Å². The number of nitrogens with one attached hydrogen (secondary N) is 1. The Morgan fingerprint density at radius 2 is 2.06 bits per heavy atom. The maximum absolute atomic E-state index is 10.8. The van der Waals surface area contributed by atoms with Crippen molar-refractivity contribution in [3.8, 4) is 12.1 Å². The average Bonchev–Trinajstić information content (AvgIpc) is 2.32. The van der Waals surface area contributed by atoms with Gasteiger partial charge in [-0.05, 0) is 34.1 Å². The fourth-order valence-electron chi connectivity index (χ4n) is 0.954. The molecule has 0 bridgehead atoms. The number of rotatable bonds is 3. The van der Waals surface area contributed by atoms with E-state index in [1.165, 1.54) is 12.1 Å². The van der Waals surface area contributed by atoms with Gasteiger partial charge in [0.05, 0.1) is 11.3 Å². The summed E-state index contributed by atoms with van der Waals surface area (Å²) in [5.41, 5.74) is 2.51. The predicted octanol–water partition coefficient (Wildman–Crippen LogP) is 1.96. The number of hydrazone groups is 1. The van der Waals surface area contributed by atoms with E-state index in [0.717, 1.165) is 0 Å². The summed E-state index contributed by atoms with van der Waals surface area (Å²) in [5.74, 6) is -1.09. The smallest absolute Gasteiger partial charge is 0.336 e. The molecule has 0 aliphatic carbocycles. The van der Waals surface area contributed by atoms with E-state index in [1.807, 2.05) is 0 Å². The van der Waals surface area contributed by atoms with Gasteiger partial charge in [-0.25, -0.2) is 4.79 Å². The Bertz CT molecular complexity index is 553.